The average Bonchev–Trinajstić information content (AvgIpc) is 2.55. The van der Waals surface area contributed by atoms with E-state index in [9.17, 15) is 0 Å². The molecule has 0 aliphatic carbocycles. The maximum absolute atomic E-state index is 2.25. The molecule has 22 heavy (non-hydrogen) atoms. The first kappa shape index (κ1) is 15.8. The third kappa shape index (κ3) is 3.73. The zero-order valence-electron chi connectivity index (χ0n) is 12.2. The van der Waals surface area contributed by atoms with Gasteiger partial charge in [-0.1, -0.05) is 97.9 Å². The summed E-state index contributed by atoms with van der Waals surface area (Å²) in [5, 5.41) is 0. The molecule has 0 heteroatoms. The molecule has 0 bridgehead atoms. The van der Waals surface area contributed by atoms with Gasteiger partial charge in [-0.05, 0) is 35.3 Å². The molecule has 0 atom stereocenters. The molecule has 0 spiro atoms. The van der Waals surface area contributed by atoms with Crippen molar-refractivity contribution in [2.45, 2.75) is 14.4 Å². The third-order valence-corrected chi connectivity index (χ3v) is 3.56. The van der Waals surface area contributed by atoms with Crippen molar-refractivity contribution >= 4 is 11.6 Å². The number of rotatable bonds is 3. The lowest BCUT2D eigenvalue weighted by molar-refractivity contribution is 1.45. The molecule has 0 fully saturated rings. The first-order valence-corrected chi connectivity index (χ1v) is 7.22. The van der Waals surface area contributed by atoms with Crippen molar-refractivity contribution in [3.63, 3.8) is 0 Å². The Morgan fingerprint density at radius 1 is 0.636 bits per heavy atom. The van der Waals surface area contributed by atoms with Crippen molar-refractivity contribution in [2.75, 3.05) is 0 Å². The van der Waals surface area contributed by atoms with Crippen LogP contribution in [0.15, 0.2) is 84.9 Å². The van der Waals surface area contributed by atoms with Crippen molar-refractivity contribution in [1.29, 1.82) is 0 Å². The van der Waals surface area contributed by atoms with E-state index in [1.807, 2.05) is 6.07 Å². The van der Waals surface area contributed by atoms with E-state index in [0.29, 0.717) is 0 Å². The van der Waals surface area contributed by atoms with Crippen LogP contribution >= 0.6 is 0 Å². The highest BCUT2D eigenvalue weighted by Gasteiger charge is 2.04. The van der Waals surface area contributed by atoms with Gasteiger partial charge >= 0.3 is 0 Å². The standard InChI is InChI=1S/C21H18.CH4/c1-17-12-14-20(15-13-17)21(19-10-6-3-7-11-19)16-18-8-4-2-5-9-18;/h2-16H,1H3;1H4/b21-16+;. The van der Waals surface area contributed by atoms with E-state index in [1.54, 1.807) is 0 Å². The molecule has 0 N–H and O–H groups in total. The summed E-state index contributed by atoms with van der Waals surface area (Å²) in [6, 6.07) is 29.7. The van der Waals surface area contributed by atoms with Crippen LogP contribution in [-0.4, -0.2) is 0 Å². The fourth-order valence-electron chi connectivity index (χ4n) is 2.40. The molecule has 3 aromatic carbocycles. The van der Waals surface area contributed by atoms with Crippen LogP contribution in [0.5, 0.6) is 0 Å². The van der Waals surface area contributed by atoms with Gasteiger partial charge in [0.15, 0.2) is 0 Å². The van der Waals surface area contributed by atoms with Gasteiger partial charge in [-0.3, -0.25) is 0 Å². The Bertz CT molecular complexity index is 720. The summed E-state index contributed by atoms with van der Waals surface area (Å²) >= 11 is 0. The number of aryl methyl sites for hydroxylation is 1. The van der Waals surface area contributed by atoms with E-state index < -0.39 is 0 Å². The highest BCUT2D eigenvalue weighted by molar-refractivity contribution is 5.91. The maximum Gasteiger partial charge on any atom is -0.0105 e. The monoisotopic (exact) mass is 286 g/mol. The van der Waals surface area contributed by atoms with E-state index in [1.165, 1.54) is 27.8 Å². The lowest BCUT2D eigenvalue weighted by atomic mass is 9.95. The highest BCUT2D eigenvalue weighted by Crippen LogP contribution is 2.26. The van der Waals surface area contributed by atoms with Gasteiger partial charge < -0.3 is 0 Å². The van der Waals surface area contributed by atoms with Crippen molar-refractivity contribution in [3.05, 3.63) is 107 Å². The predicted molar refractivity (Wildman–Crippen MR) is 97.8 cm³/mol. The molecule has 0 nitrogen and oxygen atoms in total. The Balaban J connectivity index is 0.00000176. The van der Waals surface area contributed by atoms with Crippen LogP contribution in [-0.2, 0) is 0 Å². The summed E-state index contributed by atoms with van der Waals surface area (Å²) in [7, 11) is 0. The SMILES string of the molecule is C.Cc1ccc(/C(=C/c2ccccc2)c2ccccc2)cc1. The summed E-state index contributed by atoms with van der Waals surface area (Å²) in [5.74, 6) is 0. The lowest BCUT2D eigenvalue weighted by Gasteiger charge is -2.09. The number of benzene rings is 3. The van der Waals surface area contributed by atoms with Gasteiger partial charge in [0.25, 0.3) is 0 Å². The van der Waals surface area contributed by atoms with Gasteiger partial charge in [-0.15, -0.1) is 0 Å². The van der Waals surface area contributed by atoms with Gasteiger partial charge in [-0.2, -0.15) is 0 Å². The number of hydrogen-bond donors (Lipinski definition) is 0. The molecule has 0 amide bonds. The summed E-state index contributed by atoms with van der Waals surface area (Å²) in [5.41, 5.74) is 6.24. The summed E-state index contributed by atoms with van der Waals surface area (Å²) < 4.78 is 0. The van der Waals surface area contributed by atoms with E-state index in [-0.39, 0.29) is 7.43 Å². The maximum atomic E-state index is 2.25. The predicted octanol–water partition coefficient (Wildman–Crippen LogP) is 6.22. The molecule has 3 rings (SSSR count). The molecule has 0 saturated carbocycles. The molecule has 0 unspecified atom stereocenters. The summed E-state index contributed by atoms with van der Waals surface area (Å²) in [4.78, 5) is 0. The molecule has 0 aliphatic rings. The minimum Gasteiger partial charge on any atom is -0.0776 e. The molecular formula is C22H22. The van der Waals surface area contributed by atoms with Gasteiger partial charge in [0.05, 0.1) is 0 Å². The molecular weight excluding hydrogens is 264 g/mol. The lowest BCUT2D eigenvalue weighted by Crippen LogP contribution is -1.88. The van der Waals surface area contributed by atoms with Crippen LogP contribution in [0.2, 0.25) is 0 Å². The molecule has 0 saturated heterocycles. The topological polar surface area (TPSA) is 0 Å². The Hall–Kier alpha value is -2.60. The van der Waals surface area contributed by atoms with Gasteiger partial charge in [-0.25, -0.2) is 0 Å². The molecule has 0 aromatic heterocycles. The molecule has 0 radical (unpaired) electrons. The zero-order chi connectivity index (χ0) is 14.5. The first-order chi connectivity index (χ1) is 10.3. The van der Waals surface area contributed by atoms with Crippen molar-refractivity contribution in [1.82, 2.24) is 0 Å². The van der Waals surface area contributed by atoms with Crippen molar-refractivity contribution in [3.8, 4) is 0 Å². The van der Waals surface area contributed by atoms with Gasteiger partial charge in [0, 0.05) is 0 Å². The Morgan fingerprint density at radius 3 is 1.73 bits per heavy atom. The fraction of sp³-hybridized carbons (Fsp3) is 0.0909. The van der Waals surface area contributed by atoms with Crippen molar-refractivity contribution < 1.29 is 0 Å². The Kier molecular flexibility index (Phi) is 5.32. The van der Waals surface area contributed by atoms with Crippen LogP contribution in [0, 0.1) is 6.92 Å². The van der Waals surface area contributed by atoms with E-state index in [0.717, 1.165) is 0 Å². The quantitative estimate of drug-likeness (QED) is 0.501. The largest absolute Gasteiger partial charge is 0.0776 e. The molecule has 0 aliphatic heterocycles. The normalized spacial score (nSPS) is 10.9. The van der Waals surface area contributed by atoms with Crippen LogP contribution in [0.1, 0.15) is 29.7 Å². The second-order valence-corrected chi connectivity index (χ2v) is 5.20. The van der Waals surface area contributed by atoms with Crippen molar-refractivity contribution in [2.24, 2.45) is 0 Å². The van der Waals surface area contributed by atoms with Gasteiger partial charge in [0.2, 0.25) is 0 Å². The van der Waals surface area contributed by atoms with Crippen LogP contribution < -0.4 is 0 Å². The third-order valence-electron chi connectivity index (χ3n) is 3.56. The zero-order valence-corrected chi connectivity index (χ0v) is 12.2. The number of hydrogen-bond acceptors (Lipinski definition) is 0. The molecule has 0 heterocycles. The van der Waals surface area contributed by atoms with Crippen LogP contribution in [0.4, 0.5) is 0 Å². The Labute approximate surface area is 133 Å². The van der Waals surface area contributed by atoms with Crippen LogP contribution in [0.3, 0.4) is 0 Å². The molecule has 110 valence electrons. The van der Waals surface area contributed by atoms with E-state index in [4.69, 9.17) is 0 Å². The second kappa shape index (κ2) is 7.42. The van der Waals surface area contributed by atoms with E-state index in [2.05, 4.69) is 91.9 Å². The minimum absolute atomic E-state index is 0. The fourth-order valence-corrected chi connectivity index (χ4v) is 2.40. The summed E-state index contributed by atoms with van der Waals surface area (Å²) in [6.07, 6.45) is 2.25. The van der Waals surface area contributed by atoms with Crippen LogP contribution in [0.25, 0.3) is 11.6 Å². The average molecular weight is 286 g/mol. The van der Waals surface area contributed by atoms with E-state index >= 15 is 0 Å². The second-order valence-electron chi connectivity index (χ2n) is 5.20. The first-order valence-electron chi connectivity index (χ1n) is 7.22. The molecule has 3 aromatic rings. The highest BCUT2D eigenvalue weighted by atomic mass is 14.1. The minimum atomic E-state index is 0. The Morgan fingerprint density at radius 2 is 1.14 bits per heavy atom. The van der Waals surface area contributed by atoms with Gasteiger partial charge in [0.1, 0.15) is 0 Å². The smallest absolute Gasteiger partial charge is 0.0105 e. The summed E-state index contributed by atoms with van der Waals surface area (Å²) in [6.45, 7) is 2.12.